The standard InChI is InChI=1S/C24H28O.C23H26O/c1-18-10-11-22-20(14-18)8-5-9-21-16-23(17-25-23)12-13-24(21,22)15-19-6-3-2-4-7-19;1-17-10-11-22-19(14-17)8-5-9-20-15-21(24)12-13-23(20,22)16-18-6-3-2-4-7-18/h2-4,6-7,10-11,14,21H,5,8-9,12-13,15-17H2,1H3;2-4,6-7,10-11,14,20H,5,8-9,12-13,15-16H2,1H3/t21-,23+,24-;20-,23-/m00/s1. The lowest BCUT2D eigenvalue weighted by Crippen LogP contribution is -2.45. The normalized spacial score (nSPS) is 30.0. The fraction of sp³-hybridized carbons (Fsp3) is 0.468. The number of carbonyl (C=O) groups is 1. The lowest BCUT2D eigenvalue weighted by Gasteiger charge is -2.47. The molecule has 3 fully saturated rings. The first kappa shape index (κ1) is 32.7. The van der Waals surface area contributed by atoms with E-state index in [9.17, 15) is 4.79 Å². The molecular formula is C47H54O2. The van der Waals surface area contributed by atoms with Crippen molar-refractivity contribution in [1.82, 2.24) is 0 Å². The zero-order valence-corrected chi connectivity index (χ0v) is 29.8. The number of Topliss-reactive ketones (excluding diaryl/α,β-unsaturated/α-hetero) is 1. The quantitative estimate of drug-likeness (QED) is 0.206. The third-order valence-corrected chi connectivity index (χ3v) is 13.4. The molecule has 2 nitrogen and oxygen atoms in total. The van der Waals surface area contributed by atoms with Gasteiger partial charge in [-0.2, -0.15) is 0 Å². The number of carbonyl (C=O) groups excluding carboxylic acids is 1. The number of fused-ring (bicyclic) bond motifs is 6. The Kier molecular flexibility index (Phi) is 8.89. The summed E-state index contributed by atoms with van der Waals surface area (Å²) in [4.78, 5) is 12.2. The first-order chi connectivity index (χ1) is 23.9. The lowest BCUT2D eigenvalue weighted by atomic mass is 9.57. The van der Waals surface area contributed by atoms with Crippen LogP contribution in [0.15, 0.2) is 97.1 Å². The molecule has 4 aliphatic carbocycles. The van der Waals surface area contributed by atoms with Crippen molar-refractivity contribution in [1.29, 1.82) is 0 Å². The average molecular weight is 651 g/mol. The van der Waals surface area contributed by atoms with Crippen LogP contribution < -0.4 is 0 Å². The molecule has 2 heteroatoms. The smallest absolute Gasteiger partial charge is 0.133 e. The monoisotopic (exact) mass is 650 g/mol. The molecule has 5 aliphatic rings. The number of hydrogen-bond donors (Lipinski definition) is 0. The van der Waals surface area contributed by atoms with Gasteiger partial charge in [-0.25, -0.2) is 0 Å². The van der Waals surface area contributed by atoms with Gasteiger partial charge in [-0.15, -0.1) is 0 Å². The van der Waals surface area contributed by atoms with Crippen LogP contribution in [0.25, 0.3) is 0 Å². The van der Waals surface area contributed by atoms with E-state index in [0.29, 0.717) is 17.1 Å². The molecule has 254 valence electrons. The molecule has 5 atom stereocenters. The summed E-state index contributed by atoms with van der Waals surface area (Å²) in [5.41, 5.74) is 12.7. The van der Waals surface area contributed by atoms with E-state index >= 15 is 0 Å². The molecule has 0 bridgehead atoms. The van der Waals surface area contributed by atoms with Crippen LogP contribution >= 0.6 is 0 Å². The molecule has 1 spiro atoms. The van der Waals surface area contributed by atoms with Crippen LogP contribution in [-0.2, 0) is 46.0 Å². The van der Waals surface area contributed by atoms with Gasteiger partial charge in [0.1, 0.15) is 5.78 Å². The Labute approximate surface area is 294 Å². The fourth-order valence-corrected chi connectivity index (χ4v) is 10.9. The van der Waals surface area contributed by atoms with Crippen molar-refractivity contribution in [3.8, 4) is 0 Å². The number of epoxide rings is 1. The van der Waals surface area contributed by atoms with E-state index < -0.39 is 0 Å². The number of rotatable bonds is 4. The van der Waals surface area contributed by atoms with Crippen molar-refractivity contribution < 1.29 is 9.53 Å². The number of ketones is 1. The van der Waals surface area contributed by atoms with Gasteiger partial charge in [-0.1, -0.05) is 108 Å². The largest absolute Gasteiger partial charge is 0.370 e. The van der Waals surface area contributed by atoms with Crippen molar-refractivity contribution >= 4 is 5.78 Å². The molecule has 0 amide bonds. The van der Waals surface area contributed by atoms with Gasteiger partial charge in [0.25, 0.3) is 0 Å². The van der Waals surface area contributed by atoms with E-state index in [-0.39, 0.29) is 11.0 Å². The van der Waals surface area contributed by atoms with Crippen molar-refractivity contribution in [2.75, 3.05) is 6.61 Å². The number of ether oxygens (including phenoxy) is 1. The summed E-state index contributed by atoms with van der Waals surface area (Å²) in [5.74, 6) is 1.73. The molecule has 1 saturated heterocycles. The Balaban J connectivity index is 0.000000142. The van der Waals surface area contributed by atoms with Crippen molar-refractivity contribution in [3.05, 3.63) is 142 Å². The minimum atomic E-state index is 0.148. The first-order valence-electron chi connectivity index (χ1n) is 19.3. The highest BCUT2D eigenvalue weighted by Crippen LogP contribution is 2.57. The van der Waals surface area contributed by atoms with Crippen LogP contribution in [0.2, 0.25) is 0 Å². The Hall–Kier alpha value is -3.49. The summed E-state index contributed by atoms with van der Waals surface area (Å²) >= 11 is 0. The summed E-state index contributed by atoms with van der Waals surface area (Å²) in [5, 5.41) is 0. The minimum absolute atomic E-state index is 0.148. The molecule has 0 radical (unpaired) electrons. The minimum Gasteiger partial charge on any atom is -0.370 e. The topological polar surface area (TPSA) is 29.6 Å². The second kappa shape index (κ2) is 13.3. The predicted molar refractivity (Wildman–Crippen MR) is 200 cm³/mol. The SMILES string of the molecule is Cc1ccc2c(c1)CCC[C@H]1CC(=O)CC[C@@]21Cc1ccccc1.Cc1ccc2c(c1)CCC[C@H]1C[C@]3(CC[C@@]21Cc1ccccc1)CO3. The number of benzene rings is 4. The van der Waals surface area contributed by atoms with E-state index in [2.05, 4.69) is 111 Å². The van der Waals surface area contributed by atoms with Crippen LogP contribution in [0.5, 0.6) is 0 Å². The van der Waals surface area contributed by atoms with E-state index in [4.69, 9.17) is 4.74 Å². The summed E-state index contributed by atoms with van der Waals surface area (Å²) in [7, 11) is 0. The maximum Gasteiger partial charge on any atom is 0.133 e. The van der Waals surface area contributed by atoms with E-state index in [0.717, 1.165) is 44.6 Å². The van der Waals surface area contributed by atoms with Crippen LogP contribution in [0.4, 0.5) is 0 Å². The lowest BCUT2D eigenvalue weighted by molar-refractivity contribution is -0.123. The second-order valence-electron chi connectivity index (χ2n) is 16.6. The molecular weight excluding hydrogens is 597 g/mol. The zero-order chi connectivity index (χ0) is 33.5. The van der Waals surface area contributed by atoms with Gasteiger partial charge in [0.15, 0.2) is 0 Å². The number of aryl methyl sites for hydroxylation is 4. The van der Waals surface area contributed by atoms with Gasteiger partial charge < -0.3 is 4.74 Å². The molecule has 1 aliphatic heterocycles. The molecule has 4 aromatic carbocycles. The molecule has 0 N–H and O–H groups in total. The van der Waals surface area contributed by atoms with Gasteiger partial charge >= 0.3 is 0 Å². The van der Waals surface area contributed by atoms with Gasteiger partial charge in [-0.3, -0.25) is 4.79 Å². The predicted octanol–water partition coefficient (Wildman–Crippen LogP) is 10.6. The van der Waals surface area contributed by atoms with Crippen LogP contribution in [-0.4, -0.2) is 18.0 Å². The molecule has 49 heavy (non-hydrogen) atoms. The Morgan fingerprint density at radius 1 is 0.633 bits per heavy atom. The zero-order valence-electron chi connectivity index (χ0n) is 29.8. The van der Waals surface area contributed by atoms with Crippen LogP contribution in [0.1, 0.15) is 109 Å². The van der Waals surface area contributed by atoms with Crippen molar-refractivity contribution in [3.63, 3.8) is 0 Å². The van der Waals surface area contributed by atoms with E-state index in [1.807, 2.05) is 0 Å². The molecule has 4 aromatic rings. The first-order valence-corrected chi connectivity index (χ1v) is 19.3. The highest BCUT2D eigenvalue weighted by Gasteiger charge is 2.56. The molecule has 0 unspecified atom stereocenters. The van der Waals surface area contributed by atoms with Gasteiger partial charge in [-0.05, 0) is 136 Å². The molecule has 9 rings (SSSR count). The summed E-state index contributed by atoms with van der Waals surface area (Å²) in [6.45, 7) is 5.43. The summed E-state index contributed by atoms with van der Waals surface area (Å²) in [6, 6.07) is 36.4. The van der Waals surface area contributed by atoms with E-state index in [1.54, 1.807) is 11.1 Å². The summed E-state index contributed by atoms with van der Waals surface area (Å²) in [6.07, 6.45) is 16.1. The molecule has 2 saturated carbocycles. The van der Waals surface area contributed by atoms with Crippen LogP contribution in [0, 0.1) is 25.7 Å². The maximum atomic E-state index is 12.2. The third kappa shape index (κ3) is 6.47. The fourth-order valence-electron chi connectivity index (χ4n) is 10.9. The second-order valence-corrected chi connectivity index (χ2v) is 16.6. The maximum absolute atomic E-state index is 12.2. The van der Waals surface area contributed by atoms with Gasteiger partial charge in [0.05, 0.1) is 12.2 Å². The van der Waals surface area contributed by atoms with E-state index in [1.165, 1.54) is 91.2 Å². The van der Waals surface area contributed by atoms with Gasteiger partial charge in [0.2, 0.25) is 0 Å². The Bertz CT molecular complexity index is 1790. The van der Waals surface area contributed by atoms with Gasteiger partial charge in [0, 0.05) is 23.7 Å². The van der Waals surface area contributed by atoms with Crippen molar-refractivity contribution in [2.24, 2.45) is 11.8 Å². The number of hydrogen-bond acceptors (Lipinski definition) is 2. The molecule has 1 heterocycles. The highest BCUT2D eigenvalue weighted by molar-refractivity contribution is 5.80. The van der Waals surface area contributed by atoms with Crippen molar-refractivity contribution in [2.45, 2.75) is 120 Å². The summed E-state index contributed by atoms with van der Waals surface area (Å²) < 4.78 is 5.93. The average Bonchev–Trinajstić information content (AvgIpc) is 3.91. The Morgan fingerprint density at radius 2 is 1.16 bits per heavy atom. The third-order valence-electron chi connectivity index (χ3n) is 13.4. The molecule has 0 aromatic heterocycles. The van der Waals surface area contributed by atoms with Crippen LogP contribution in [0.3, 0.4) is 0 Å². The highest BCUT2D eigenvalue weighted by atomic mass is 16.6. The Morgan fingerprint density at radius 3 is 1.71 bits per heavy atom.